The number of rotatable bonds is 5. The highest BCUT2D eigenvalue weighted by Gasteiger charge is 2.10. The molecule has 0 saturated carbocycles. The molecule has 1 fully saturated rings. The summed E-state index contributed by atoms with van der Waals surface area (Å²) in [7, 11) is 0. The minimum absolute atomic E-state index is 0.507. The van der Waals surface area contributed by atoms with Gasteiger partial charge in [-0.3, -0.25) is 0 Å². The van der Waals surface area contributed by atoms with Gasteiger partial charge in [0.25, 0.3) is 0 Å². The second-order valence-corrected chi connectivity index (χ2v) is 5.60. The highest BCUT2D eigenvalue weighted by Crippen LogP contribution is 2.31. The van der Waals surface area contributed by atoms with E-state index >= 15 is 0 Å². The maximum absolute atomic E-state index is 10.9. The lowest BCUT2D eigenvalue weighted by Gasteiger charge is -2.26. The van der Waals surface area contributed by atoms with Crippen molar-refractivity contribution in [3.05, 3.63) is 41.3 Å². The molecule has 2 aromatic rings. The van der Waals surface area contributed by atoms with Crippen molar-refractivity contribution in [1.29, 1.82) is 0 Å². The molecule has 3 rings (SSSR count). The molecule has 0 spiro atoms. The quantitative estimate of drug-likeness (QED) is 0.839. The molecule has 21 heavy (non-hydrogen) atoms. The Morgan fingerprint density at radius 1 is 1.00 bits per heavy atom. The molecule has 1 N–H and O–H groups in total. The minimum atomic E-state index is 0.507. The largest absolute Gasteiger partial charge is 0.383 e. The predicted octanol–water partition coefficient (Wildman–Crippen LogP) is 4.14. The number of fused-ring (bicyclic) bond motifs is 1. The second kappa shape index (κ2) is 6.68. The highest BCUT2D eigenvalue weighted by atomic mass is 16.3. The molecule has 0 bridgehead atoms. The third-order valence-corrected chi connectivity index (χ3v) is 4.19. The number of nitrogens with one attached hydrogen (secondary N) is 1. The molecule has 2 aromatic carbocycles. The number of hydrogen-bond acceptors (Lipinski definition) is 4. The zero-order chi connectivity index (χ0) is 14.5. The fraction of sp³-hybridized carbons (Fsp3) is 0.412. The third-order valence-electron chi connectivity index (χ3n) is 4.19. The molecule has 110 valence electrons. The Balaban J connectivity index is 1.70. The molecule has 1 aliphatic rings. The van der Waals surface area contributed by atoms with E-state index in [9.17, 15) is 4.91 Å². The van der Waals surface area contributed by atoms with E-state index in [2.05, 4.69) is 15.4 Å². The Morgan fingerprint density at radius 3 is 2.52 bits per heavy atom. The zero-order valence-corrected chi connectivity index (χ0v) is 12.2. The van der Waals surface area contributed by atoms with Crippen molar-refractivity contribution in [1.82, 2.24) is 4.90 Å². The van der Waals surface area contributed by atoms with Crippen LogP contribution in [0.15, 0.2) is 41.6 Å². The van der Waals surface area contributed by atoms with Gasteiger partial charge in [0.05, 0.1) is 0 Å². The van der Waals surface area contributed by atoms with Crippen LogP contribution < -0.4 is 5.32 Å². The van der Waals surface area contributed by atoms with Gasteiger partial charge in [0.1, 0.15) is 5.69 Å². The maximum atomic E-state index is 10.9. The van der Waals surface area contributed by atoms with Crippen LogP contribution in [0, 0.1) is 4.91 Å². The van der Waals surface area contributed by atoms with Gasteiger partial charge in [0.2, 0.25) is 0 Å². The average Bonchev–Trinajstić information content (AvgIpc) is 2.56. The minimum Gasteiger partial charge on any atom is -0.383 e. The van der Waals surface area contributed by atoms with Gasteiger partial charge in [-0.2, -0.15) is 0 Å². The molecule has 1 saturated heterocycles. The molecule has 0 radical (unpaired) electrons. The summed E-state index contributed by atoms with van der Waals surface area (Å²) in [5.74, 6) is 0. The molecular weight excluding hydrogens is 262 g/mol. The molecule has 4 heteroatoms. The first kappa shape index (κ1) is 14.0. The van der Waals surface area contributed by atoms with Crippen LogP contribution in [0.2, 0.25) is 0 Å². The molecule has 1 aliphatic heterocycles. The van der Waals surface area contributed by atoms with Crippen molar-refractivity contribution >= 4 is 22.1 Å². The molecule has 4 nitrogen and oxygen atoms in total. The molecule has 0 amide bonds. The monoisotopic (exact) mass is 283 g/mol. The number of piperidine rings is 1. The molecule has 0 atom stereocenters. The van der Waals surface area contributed by atoms with Crippen LogP contribution in [0.4, 0.5) is 11.4 Å². The summed E-state index contributed by atoms with van der Waals surface area (Å²) in [4.78, 5) is 13.4. The van der Waals surface area contributed by atoms with Gasteiger partial charge in [-0.05, 0) is 43.2 Å². The van der Waals surface area contributed by atoms with Gasteiger partial charge < -0.3 is 10.2 Å². The Kier molecular flexibility index (Phi) is 4.46. The number of likely N-dealkylation sites (tertiary alicyclic amines) is 1. The second-order valence-electron chi connectivity index (χ2n) is 5.60. The number of anilines is 1. The van der Waals surface area contributed by atoms with Crippen LogP contribution in [0.3, 0.4) is 0 Å². The zero-order valence-electron chi connectivity index (χ0n) is 12.2. The van der Waals surface area contributed by atoms with E-state index in [1.807, 2.05) is 30.3 Å². The first-order chi connectivity index (χ1) is 10.4. The van der Waals surface area contributed by atoms with Gasteiger partial charge in [-0.25, -0.2) is 0 Å². The van der Waals surface area contributed by atoms with E-state index in [-0.39, 0.29) is 0 Å². The third kappa shape index (κ3) is 3.22. The Labute approximate surface area is 125 Å². The fourth-order valence-electron chi connectivity index (χ4n) is 3.05. The standard InChI is InChI=1S/C17H21N3O/c21-19-17-9-8-16(14-6-2-3-7-15(14)17)18-10-13-20-11-4-1-5-12-20/h2-3,6-9,18H,1,4-5,10-13H2. The number of benzene rings is 2. The summed E-state index contributed by atoms with van der Waals surface area (Å²) < 4.78 is 0. The summed E-state index contributed by atoms with van der Waals surface area (Å²) in [5.41, 5.74) is 1.59. The van der Waals surface area contributed by atoms with Crippen LogP contribution in [-0.2, 0) is 0 Å². The molecule has 0 aliphatic carbocycles. The smallest absolute Gasteiger partial charge is 0.115 e. The maximum Gasteiger partial charge on any atom is 0.115 e. The summed E-state index contributed by atoms with van der Waals surface area (Å²) in [5, 5.41) is 8.58. The normalized spacial score (nSPS) is 16.0. The molecule has 0 aromatic heterocycles. The predicted molar refractivity (Wildman–Crippen MR) is 88.2 cm³/mol. The van der Waals surface area contributed by atoms with E-state index in [0.29, 0.717) is 5.69 Å². The first-order valence-corrected chi connectivity index (χ1v) is 7.70. The van der Waals surface area contributed by atoms with E-state index in [1.165, 1.54) is 32.4 Å². The summed E-state index contributed by atoms with van der Waals surface area (Å²) in [6.45, 7) is 4.44. The van der Waals surface area contributed by atoms with Crippen molar-refractivity contribution < 1.29 is 0 Å². The van der Waals surface area contributed by atoms with Crippen LogP contribution in [0.25, 0.3) is 10.8 Å². The fourth-order valence-corrected chi connectivity index (χ4v) is 3.05. The van der Waals surface area contributed by atoms with E-state index in [1.54, 1.807) is 6.07 Å². The van der Waals surface area contributed by atoms with Crippen LogP contribution in [-0.4, -0.2) is 31.1 Å². The first-order valence-electron chi connectivity index (χ1n) is 7.70. The molecule has 1 heterocycles. The SMILES string of the molecule is O=Nc1ccc(NCCN2CCCCC2)c2ccccc12. The van der Waals surface area contributed by atoms with Gasteiger partial charge in [0.15, 0.2) is 0 Å². The summed E-state index contributed by atoms with van der Waals surface area (Å²) in [6, 6.07) is 11.7. The van der Waals surface area contributed by atoms with Crippen molar-refractivity contribution in [3.8, 4) is 0 Å². The number of hydrogen-bond donors (Lipinski definition) is 1. The molecule has 0 unspecified atom stereocenters. The van der Waals surface area contributed by atoms with Crippen molar-refractivity contribution in [2.45, 2.75) is 19.3 Å². The van der Waals surface area contributed by atoms with Crippen molar-refractivity contribution in [2.24, 2.45) is 5.18 Å². The van der Waals surface area contributed by atoms with Gasteiger partial charge in [-0.15, -0.1) is 4.91 Å². The Hall–Kier alpha value is -1.94. The van der Waals surface area contributed by atoms with E-state index in [4.69, 9.17) is 0 Å². The van der Waals surface area contributed by atoms with Crippen molar-refractivity contribution in [2.75, 3.05) is 31.5 Å². The van der Waals surface area contributed by atoms with Gasteiger partial charge in [0, 0.05) is 29.5 Å². The summed E-state index contributed by atoms with van der Waals surface area (Å²) in [6.07, 6.45) is 4.01. The van der Waals surface area contributed by atoms with Crippen LogP contribution >= 0.6 is 0 Å². The lowest BCUT2D eigenvalue weighted by Crippen LogP contribution is -2.33. The Morgan fingerprint density at radius 2 is 1.76 bits per heavy atom. The van der Waals surface area contributed by atoms with Crippen LogP contribution in [0.5, 0.6) is 0 Å². The van der Waals surface area contributed by atoms with Gasteiger partial charge >= 0.3 is 0 Å². The number of nitroso groups, excluding NO2 is 1. The van der Waals surface area contributed by atoms with Crippen LogP contribution in [0.1, 0.15) is 19.3 Å². The summed E-state index contributed by atoms with van der Waals surface area (Å²) >= 11 is 0. The lowest BCUT2D eigenvalue weighted by molar-refractivity contribution is 0.237. The number of nitrogens with zero attached hydrogens (tertiary/aromatic N) is 2. The topological polar surface area (TPSA) is 44.7 Å². The van der Waals surface area contributed by atoms with E-state index < -0.39 is 0 Å². The van der Waals surface area contributed by atoms with Crippen molar-refractivity contribution in [3.63, 3.8) is 0 Å². The highest BCUT2D eigenvalue weighted by molar-refractivity contribution is 6.00. The lowest BCUT2D eigenvalue weighted by atomic mass is 10.1. The average molecular weight is 283 g/mol. The Bertz CT molecular complexity index is 620. The molecular formula is C17H21N3O. The van der Waals surface area contributed by atoms with E-state index in [0.717, 1.165) is 29.5 Å². The van der Waals surface area contributed by atoms with Gasteiger partial charge in [-0.1, -0.05) is 30.7 Å².